The highest BCUT2D eigenvalue weighted by Crippen LogP contribution is 2.17. The van der Waals surface area contributed by atoms with Gasteiger partial charge in [-0.15, -0.1) is 24.0 Å². The molecule has 152 valence electrons. The smallest absolute Gasteiger partial charge is 0.194 e. The molecule has 0 spiro atoms. The van der Waals surface area contributed by atoms with Crippen LogP contribution in [-0.2, 0) is 0 Å². The zero-order valence-corrected chi connectivity index (χ0v) is 19.1. The number of rotatable bonds is 6. The summed E-state index contributed by atoms with van der Waals surface area (Å²) in [7, 11) is 0. The summed E-state index contributed by atoms with van der Waals surface area (Å²) >= 11 is 0. The number of guanidine groups is 1. The Balaban J connectivity index is 0.00000261. The van der Waals surface area contributed by atoms with Gasteiger partial charge < -0.3 is 20.0 Å². The van der Waals surface area contributed by atoms with Gasteiger partial charge in [0.25, 0.3) is 0 Å². The summed E-state index contributed by atoms with van der Waals surface area (Å²) in [6, 6.07) is 6.13. The van der Waals surface area contributed by atoms with Crippen molar-refractivity contribution in [3.05, 3.63) is 24.4 Å². The number of nitrogens with one attached hydrogen (secondary N) is 1. The molecule has 3 heterocycles. The Morgan fingerprint density at radius 2 is 2.00 bits per heavy atom. The van der Waals surface area contributed by atoms with Crippen LogP contribution in [0.1, 0.15) is 26.7 Å². The summed E-state index contributed by atoms with van der Waals surface area (Å²) in [5, 5.41) is 3.50. The molecule has 0 radical (unpaired) electrons. The third-order valence-electron chi connectivity index (χ3n) is 5.30. The van der Waals surface area contributed by atoms with Gasteiger partial charge in [0.1, 0.15) is 5.82 Å². The van der Waals surface area contributed by atoms with Gasteiger partial charge in [0, 0.05) is 52.0 Å². The van der Waals surface area contributed by atoms with Crippen molar-refractivity contribution in [3.8, 4) is 0 Å². The van der Waals surface area contributed by atoms with Crippen LogP contribution in [0, 0.1) is 5.92 Å². The van der Waals surface area contributed by atoms with Gasteiger partial charge in [-0.05, 0) is 50.9 Å². The molecule has 1 atom stereocenters. The van der Waals surface area contributed by atoms with E-state index in [0.29, 0.717) is 5.92 Å². The molecule has 7 heteroatoms. The van der Waals surface area contributed by atoms with E-state index in [2.05, 4.69) is 51.0 Å². The maximum Gasteiger partial charge on any atom is 0.194 e. The van der Waals surface area contributed by atoms with E-state index in [-0.39, 0.29) is 24.0 Å². The number of hydrogen-bond donors (Lipinski definition) is 1. The summed E-state index contributed by atoms with van der Waals surface area (Å²) in [4.78, 5) is 16.8. The lowest BCUT2D eigenvalue weighted by Crippen LogP contribution is -2.52. The van der Waals surface area contributed by atoms with Crippen molar-refractivity contribution < 1.29 is 0 Å². The summed E-state index contributed by atoms with van der Waals surface area (Å²) < 4.78 is 0. The van der Waals surface area contributed by atoms with E-state index in [1.54, 1.807) is 0 Å². The van der Waals surface area contributed by atoms with Crippen LogP contribution in [0.5, 0.6) is 0 Å². The highest BCUT2D eigenvalue weighted by atomic mass is 127. The third kappa shape index (κ3) is 6.48. The van der Waals surface area contributed by atoms with Crippen LogP contribution in [-0.4, -0.2) is 79.6 Å². The second kappa shape index (κ2) is 11.7. The minimum atomic E-state index is 0. The predicted octanol–water partition coefficient (Wildman–Crippen LogP) is 2.52. The Labute approximate surface area is 181 Å². The molecule has 1 N–H and O–H groups in total. The van der Waals surface area contributed by atoms with Crippen LogP contribution in [0.2, 0.25) is 0 Å². The molecule has 1 unspecified atom stereocenters. The molecule has 0 bridgehead atoms. The lowest BCUT2D eigenvalue weighted by molar-refractivity contribution is 0.325. The molecule has 0 saturated carbocycles. The van der Waals surface area contributed by atoms with E-state index in [0.717, 1.165) is 51.0 Å². The van der Waals surface area contributed by atoms with Crippen molar-refractivity contribution in [2.45, 2.75) is 26.7 Å². The zero-order valence-electron chi connectivity index (χ0n) is 16.8. The molecular weight excluding hydrogens is 451 g/mol. The standard InChI is InChI=1S/C20H34N6.HI/c1-3-10-24-11-8-18(17-24)16-23-20(21-4-2)26-14-12-25(13-15-26)19-7-5-6-9-22-19;/h5-7,9,18H,3-4,8,10-17H2,1-2H3,(H,21,23);1H. The number of halogens is 1. The van der Waals surface area contributed by atoms with Gasteiger partial charge in [-0.2, -0.15) is 0 Å². The van der Waals surface area contributed by atoms with Crippen molar-refractivity contribution in [1.82, 2.24) is 20.1 Å². The minimum Gasteiger partial charge on any atom is -0.357 e. The average Bonchev–Trinajstić information content (AvgIpc) is 3.14. The third-order valence-corrected chi connectivity index (χ3v) is 5.30. The molecule has 2 aliphatic rings. The topological polar surface area (TPSA) is 47.0 Å². The second-order valence-electron chi connectivity index (χ2n) is 7.31. The van der Waals surface area contributed by atoms with E-state index in [4.69, 9.17) is 4.99 Å². The van der Waals surface area contributed by atoms with Crippen LogP contribution < -0.4 is 10.2 Å². The number of pyridine rings is 1. The molecule has 0 aromatic carbocycles. The van der Waals surface area contributed by atoms with Gasteiger partial charge in [0.15, 0.2) is 5.96 Å². The molecule has 3 rings (SSSR count). The Morgan fingerprint density at radius 1 is 1.19 bits per heavy atom. The maximum absolute atomic E-state index is 4.98. The monoisotopic (exact) mass is 486 g/mol. The molecule has 6 nitrogen and oxygen atoms in total. The van der Waals surface area contributed by atoms with Crippen LogP contribution in [0.25, 0.3) is 0 Å². The van der Waals surface area contributed by atoms with Crippen molar-refractivity contribution in [3.63, 3.8) is 0 Å². The molecule has 27 heavy (non-hydrogen) atoms. The highest BCUT2D eigenvalue weighted by molar-refractivity contribution is 14.0. The first-order valence-corrected chi connectivity index (χ1v) is 10.2. The number of likely N-dealkylation sites (tertiary alicyclic amines) is 1. The number of hydrogen-bond acceptors (Lipinski definition) is 4. The van der Waals surface area contributed by atoms with E-state index in [9.17, 15) is 0 Å². The SMILES string of the molecule is CCCN1CCC(CN=C(NCC)N2CCN(c3ccccn3)CC2)C1.I. The Morgan fingerprint density at radius 3 is 2.67 bits per heavy atom. The molecular formula is C20H35IN6. The van der Waals surface area contributed by atoms with Crippen LogP contribution >= 0.6 is 24.0 Å². The van der Waals surface area contributed by atoms with E-state index < -0.39 is 0 Å². The zero-order chi connectivity index (χ0) is 18.2. The van der Waals surface area contributed by atoms with Crippen molar-refractivity contribution in [1.29, 1.82) is 0 Å². The minimum absolute atomic E-state index is 0. The largest absolute Gasteiger partial charge is 0.357 e. The molecule has 2 fully saturated rings. The maximum atomic E-state index is 4.98. The summed E-state index contributed by atoms with van der Waals surface area (Å²) in [5.74, 6) is 2.88. The van der Waals surface area contributed by atoms with E-state index in [1.807, 2.05) is 12.3 Å². The molecule has 1 aromatic heterocycles. The average molecular weight is 486 g/mol. The number of piperazine rings is 1. The molecule has 0 aliphatic carbocycles. The van der Waals surface area contributed by atoms with Gasteiger partial charge in [-0.25, -0.2) is 4.98 Å². The Bertz CT molecular complexity index is 559. The van der Waals surface area contributed by atoms with Gasteiger partial charge in [-0.3, -0.25) is 4.99 Å². The lowest BCUT2D eigenvalue weighted by atomic mass is 10.1. The fourth-order valence-corrected chi connectivity index (χ4v) is 3.91. The second-order valence-corrected chi connectivity index (χ2v) is 7.31. The summed E-state index contributed by atoms with van der Waals surface area (Å²) in [6.07, 6.45) is 4.41. The fourth-order valence-electron chi connectivity index (χ4n) is 3.91. The Kier molecular flexibility index (Phi) is 9.61. The number of aliphatic imine (C=N–C) groups is 1. The molecule has 1 aromatic rings. The molecule has 2 aliphatic heterocycles. The lowest BCUT2D eigenvalue weighted by Gasteiger charge is -2.37. The van der Waals surface area contributed by atoms with Gasteiger partial charge in [0.05, 0.1) is 0 Å². The highest BCUT2D eigenvalue weighted by Gasteiger charge is 2.23. The first kappa shape index (κ1) is 22.2. The molecule has 2 saturated heterocycles. The van der Waals surface area contributed by atoms with Crippen LogP contribution in [0.3, 0.4) is 0 Å². The fraction of sp³-hybridized carbons (Fsp3) is 0.700. The molecule has 0 amide bonds. The van der Waals surface area contributed by atoms with Crippen LogP contribution in [0.15, 0.2) is 29.4 Å². The van der Waals surface area contributed by atoms with Crippen molar-refractivity contribution in [2.75, 3.05) is 63.8 Å². The normalized spacial score (nSPS) is 21.3. The summed E-state index contributed by atoms with van der Waals surface area (Å²) in [6.45, 7) is 14.0. The number of nitrogens with zero attached hydrogens (tertiary/aromatic N) is 5. The quantitative estimate of drug-likeness (QED) is 0.381. The van der Waals surface area contributed by atoms with E-state index >= 15 is 0 Å². The predicted molar refractivity (Wildman–Crippen MR) is 124 cm³/mol. The Hall–Kier alpha value is -1.09. The number of anilines is 1. The van der Waals surface area contributed by atoms with Crippen LogP contribution in [0.4, 0.5) is 5.82 Å². The first-order chi connectivity index (χ1) is 12.8. The van der Waals surface area contributed by atoms with Crippen molar-refractivity contribution in [2.24, 2.45) is 10.9 Å². The van der Waals surface area contributed by atoms with Gasteiger partial charge >= 0.3 is 0 Å². The van der Waals surface area contributed by atoms with E-state index in [1.165, 1.54) is 32.5 Å². The van der Waals surface area contributed by atoms with Crippen molar-refractivity contribution >= 4 is 35.8 Å². The van der Waals surface area contributed by atoms with Gasteiger partial charge in [-0.1, -0.05) is 13.0 Å². The summed E-state index contributed by atoms with van der Waals surface area (Å²) in [5.41, 5.74) is 0. The van der Waals surface area contributed by atoms with Gasteiger partial charge in [0.2, 0.25) is 0 Å². The first-order valence-electron chi connectivity index (χ1n) is 10.2. The number of aromatic nitrogens is 1.